The second-order valence-corrected chi connectivity index (χ2v) is 4.87. The number of nitrogens with zero attached hydrogens (tertiary/aromatic N) is 1. The fraction of sp³-hybridized carbons (Fsp3) is 1.00. The van der Waals surface area contributed by atoms with E-state index in [4.69, 9.17) is 4.74 Å². The second kappa shape index (κ2) is 10.1. The number of unbranched alkanes of at least 4 members (excludes halogenated alkanes) is 1. The van der Waals surface area contributed by atoms with Crippen LogP contribution in [0.5, 0.6) is 0 Å². The summed E-state index contributed by atoms with van der Waals surface area (Å²) in [7, 11) is 3.92. The molecular formula is C13H29NO2. The summed E-state index contributed by atoms with van der Waals surface area (Å²) in [5.41, 5.74) is 0. The molecule has 0 aromatic rings. The molecule has 2 atom stereocenters. The van der Waals surface area contributed by atoms with Crippen molar-refractivity contribution >= 4 is 0 Å². The lowest BCUT2D eigenvalue weighted by molar-refractivity contribution is 0.00895. The van der Waals surface area contributed by atoms with Gasteiger partial charge in [-0.1, -0.05) is 33.1 Å². The predicted octanol–water partition coefficient (Wildman–Crippen LogP) is 2.14. The van der Waals surface area contributed by atoms with E-state index < -0.39 is 0 Å². The predicted molar refractivity (Wildman–Crippen MR) is 68.7 cm³/mol. The van der Waals surface area contributed by atoms with Gasteiger partial charge in [0.15, 0.2) is 0 Å². The minimum Gasteiger partial charge on any atom is -0.389 e. The molecule has 0 rings (SSSR count). The van der Waals surface area contributed by atoms with E-state index in [1.807, 2.05) is 19.0 Å². The summed E-state index contributed by atoms with van der Waals surface area (Å²) in [6.45, 7) is 6.35. The van der Waals surface area contributed by atoms with E-state index >= 15 is 0 Å². The van der Waals surface area contributed by atoms with E-state index in [1.54, 1.807) is 0 Å². The van der Waals surface area contributed by atoms with E-state index in [-0.39, 0.29) is 6.10 Å². The van der Waals surface area contributed by atoms with Crippen LogP contribution in [0.1, 0.15) is 39.5 Å². The first kappa shape index (κ1) is 15.9. The maximum Gasteiger partial charge on any atom is 0.0899 e. The van der Waals surface area contributed by atoms with Crippen LogP contribution in [0.15, 0.2) is 0 Å². The van der Waals surface area contributed by atoms with E-state index in [0.717, 1.165) is 6.61 Å². The first-order valence-electron chi connectivity index (χ1n) is 6.50. The molecule has 0 radical (unpaired) electrons. The van der Waals surface area contributed by atoms with Crippen LogP contribution in [0.4, 0.5) is 0 Å². The number of aliphatic hydroxyl groups is 1. The lowest BCUT2D eigenvalue weighted by Gasteiger charge is -2.18. The summed E-state index contributed by atoms with van der Waals surface area (Å²) in [6.07, 6.45) is 4.58. The molecule has 3 nitrogen and oxygen atoms in total. The van der Waals surface area contributed by atoms with Gasteiger partial charge in [0.25, 0.3) is 0 Å². The third-order valence-electron chi connectivity index (χ3n) is 2.78. The first-order valence-corrected chi connectivity index (χ1v) is 6.50. The fourth-order valence-corrected chi connectivity index (χ4v) is 1.74. The van der Waals surface area contributed by atoms with E-state index in [1.165, 1.54) is 25.7 Å². The van der Waals surface area contributed by atoms with Crippen molar-refractivity contribution in [3.8, 4) is 0 Å². The van der Waals surface area contributed by atoms with Gasteiger partial charge in [0.1, 0.15) is 0 Å². The summed E-state index contributed by atoms with van der Waals surface area (Å²) >= 11 is 0. The Balaban J connectivity index is 3.53. The SMILES string of the molecule is CCCC[C@@H](CC)COC[C@H](O)CN(C)C. The Bertz CT molecular complexity index is 151. The highest BCUT2D eigenvalue weighted by molar-refractivity contribution is 4.60. The highest BCUT2D eigenvalue weighted by Crippen LogP contribution is 2.12. The van der Waals surface area contributed by atoms with Crippen molar-refractivity contribution in [1.82, 2.24) is 4.90 Å². The molecular weight excluding hydrogens is 202 g/mol. The number of hydrogen-bond donors (Lipinski definition) is 1. The van der Waals surface area contributed by atoms with E-state index in [9.17, 15) is 5.11 Å². The van der Waals surface area contributed by atoms with Crippen molar-refractivity contribution in [2.75, 3.05) is 33.9 Å². The number of ether oxygens (including phenoxy) is 1. The largest absolute Gasteiger partial charge is 0.389 e. The molecule has 98 valence electrons. The van der Waals surface area contributed by atoms with Crippen LogP contribution < -0.4 is 0 Å². The average molecular weight is 231 g/mol. The zero-order chi connectivity index (χ0) is 12.4. The standard InChI is InChI=1S/C13H29NO2/c1-5-7-8-12(6-2)10-16-11-13(15)9-14(3)4/h12-13,15H,5-11H2,1-4H3/t12-,13-/m1/s1. The Kier molecular flexibility index (Phi) is 9.99. The van der Waals surface area contributed by atoms with Gasteiger partial charge in [0.2, 0.25) is 0 Å². The second-order valence-electron chi connectivity index (χ2n) is 4.87. The number of aliphatic hydroxyl groups excluding tert-OH is 1. The molecule has 0 amide bonds. The van der Waals surface area contributed by atoms with Gasteiger partial charge in [-0.3, -0.25) is 0 Å². The smallest absolute Gasteiger partial charge is 0.0899 e. The third kappa shape index (κ3) is 9.13. The normalized spacial score (nSPS) is 15.4. The van der Waals surface area contributed by atoms with Crippen molar-refractivity contribution in [2.45, 2.75) is 45.6 Å². The van der Waals surface area contributed by atoms with Gasteiger partial charge in [-0.05, 0) is 26.4 Å². The van der Waals surface area contributed by atoms with Crippen LogP contribution >= 0.6 is 0 Å². The lowest BCUT2D eigenvalue weighted by Crippen LogP contribution is -2.30. The molecule has 0 spiro atoms. The molecule has 0 aromatic heterocycles. The zero-order valence-electron chi connectivity index (χ0n) is 11.4. The monoisotopic (exact) mass is 231 g/mol. The maximum absolute atomic E-state index is 9.61. The van der Waals surface area contributed by atoms with Crippen LogP contribution in [-0.4, -0.2) is 50.0 Å². The quantitative estimate of drug-likeness (QED) is 0.625. The molecule has 3 heteroatoms. The van der Waals surface area contributed by atoms with Gasteiger partial charge in [-0.15, -0.1) is 0 Å². The maximum atomic E-state index is 9.61. The Morgan fingerprint density at radius 1 is 1.19 bits per heavy atom. The zero-order valence-corrected chi connectivity index (χ0v) is 11.4. The molecule has 0 fully saturated rings. The number of rotatable bonds is 10. The molecule has 0 saturated carbocycles. The summed E-state index contributed by atoms with van der Waals surface area (Å²) in [5, 5.41) is 9.61. The average Bonchev–Trinajstić information content (AvgIpc) is 2.22. The van der Waals surface area contributed by atoms with Gasteiger partial charge >= 0.3 is 0 Å². The van der Waals surface area contributed by atoms with E-state index in [2.05, 4.69) is 13.8 Å². The molecule has 0 aliphatic rings. The van der Waals surface area contributed by atoms with Gasteiger partial charge in [0.05, 0.1) is 12.7 Å². The van der Waals surface area contributed by atoms with Crippen molar-refractivity contribution < 1.29 is 9.84 Å². The highest BCUT2D eigenvalue weighted by atomic mass is 16.5. The van der Waals surface area contributed by atoms with Crippen LogP contribution in [0, 0.1) is 5.92 Å². The van der Waals surface area contributed by atoms with Crippen molar-refractivity contribution in [2.24, 2.45) is 5.92 Å². The van der Waals surface area contributed by atoms with Gasteiger partial charge in [-0.2, -0.15) is 0 Å². The van der Waals surface area contributed by atoms with E-state index in [0.29, 0.717) is 19.1 Å². The van der Waals surface area contributed by atoms with Crippen molar-refractivity contribution in [1.29, 1.82) is 0 Å². The molecule has 0 unspecified atom stereocenters. The molecule has 0 saturated heterocycles. The minimum atomic E-state index is -0.362. The molecule has 16 heavy (non-hydrogen) atoms. The summed E-state index contributed by atoms with van der Waals surface area (Å²) < 4.78 is 5.57. The van der Waals surface area contributed by atoms with Gasteiger partial charge in [0, 0.05) is 13.2 Å². The van der Waals surface area contributed by atoms with Crippen LogP contribution in [0.2, 0.25) is 0 Å². The molecule has 0 aliphatic carbocycles. The summed E-state index contributed by atoms with van der Waals surface area (Å²) in [5.74, 6) is 0.659. The Hall–Kier alpha value is -0.120. The Morgan fingerprint density at radius 2 is 1.88 bits per heavy atom. The third-order valence-corrected chi connectivity index (χ3v) is 2.78. The molecule has 1 N–H and O–H groups in total. The minimum absolute atomic E-state index is 0.362. The van der Waals surface area contributed by atoms with Crippen LogP contribution in [0.3, 0.4) is 0 Å². The Labute approximate surface area is 101 Å². The van der Waals surface area contributed by atoms with Crippen molar-refractivity contribution in [3.05, 3.63) is 0 Å². The van der Waals surface area contributed by atoms with Crippen molar-refractivity contribution in [3.63, 3.8) is 0 Å². The summed E-state index contributed by atoms with van der Waals surface area (Å²) in [4.78, 5) is 1.97. The molecule has 0 aliphatic heterocycles. The van der Waals surface area contributed by atoms with Gasteiger partial charge < -0.3 is 14.7 Å². The first-order chi connectivity index (χ1) is 7.60. The summed E-state index contributed by atoms with van der Waals surface area (Å²) in [6, 6.07) is 0. The lowest BCUT2D eigenvalue weighted by atomic mass is 10.0. The number of hydrogen-bond acceptors (Lipinski definition) is 3. The molecule has 0 heterocycles. The molecule has 0 bridgehead atoms. The number of likely N-dealkylation sites (N-methyl/N-ethyl adjacent to an activating group) is 1. The fourth-order valence-electron chi connectivity index (χ4n) is 1.74. The Morgan fingerprint density at radius 3 is 2.38 bits per heavy atom. The highest BCUT2D eigenvalue weighted by Gasteiger charge is 2.09. The topological polar surface area (TPSA) is 32.7 Å². The van der Waals surface area contributed by atoms with Crippen LogP contribution in [0.25, 0.3) is 0 Å². The van der Waals surface area contributed by atoms with Gasteiger partial charge in [-0.25, -0.2) is 0 Å². The van der Waals surface area contributed by atoms with Crippen LogP contribution in [-0.2, 0) is 4.74 Å². The molecule has 0 aromatic carbocycles.